The summed E-state index contributed by atoms with van der Waals surface area (Å²) >= 11 is 1.50. The van der Waals surface area contributed by atoms with Crippen molar-refractivity contribution in [2.45, 2.75) is 26.6 Å². The van der Waals surface area contributed by atoms with Gasteiger partial charge in [-0.3, -0.25) is 4.40 Å². The summed E-state index contributed by atoms with van der Waals surface area (Å²) in [5.74, 6) is 0. The van der Waals surface area contributed by atoms with E-state index in [4.69, 9.17) is 4.84 Å². The van der Waals surface area contributed by atoms with Crippen molar-refractivity contribution in [1.82, 2.24) is 9.38 Å². The number of fused-ring (bicyclic) bond motifs is 3. The first-order valence-electron chi connectivity index (χ1n) is 8.54. The van der Waals surface area contributed by atoms with Gasteiger partial charge in [0.15, 0.2) is 4.96 Å². The van der Waals surface area contributed by atoms with E-state index < -0.39 is 11.7 Å². The zero-order valence-corrected chi connectivity index (χ0v) is 15.9. The van der Waals surface area contributed by atoms with E-state index in [1.807, 2.05) is 38.1 Å². The molecule has 0 aliphatic heterocycles. The lowest BCUT2D eigenvalue weighted by molar-refractivity contribution is -0.137. The maximum absolute atomic E-state index is 12.8. The Morgan fingerprint density at radius 1 is 1.18 bits per heavy atom. The summed E-state index contributed by atoms with van der Waals surface area (Å²) in [7, 11) is 0. The number of alkyl halides is 3. The quantitative estimate of drug-likeness (QED) is 0.318. The molecule has 0 radical (unpaired) electrons. The highest BCUT2D eigenvalue weighted by molar-refractivity contribution is 7.19. The molecule has 0 fully saturated rings. The molecule has 0 saturated heterocycles. The van der Waals surface area contributed by atoms with Gasteiger partial charge in [-0.25, -0.2) is 4.98 Å². The van der Waals surface area contributed by atoms with Gasteiger partial charge in [0.05, 0.1) is 27.2 Å². The number of imidazole rings is 1. The Balaban J connectivity index is 1.56. The van der Waals surface area contributed by atoms with Gasteiger partial charge >= 0.3 is 6.18 Å². The number of hydrogen-bond acceptors (Lipinski definition) is 4. The van der Waals surface area contributed by atoms with Gasteiger partial charge < -0.3 is 4.84 Å². The molecule has 4 rings (SSSR count). The van der Waals surface area contributed by atoms with E-state index in [0.717, 1.165) is 38.7 Å². The third kappa shape index (κ3) is 3.35. The predicted octanol–water partition coefficient (Wildman–Crippen LogP) is 5.82. The highest BCUT2D eigenvalue weighted by Gasteiger charge is 2.30. The van der Waals surface area contributed by atoms with Crippen molar-refractivity contribution in [3.8, 4) is 0 Å². The Morgan fingerprint density at radius 3 is 2.75 bits per heavy atom. The van der Waals surface area contributed by atoms with Crippen LogP contribution in [0.25, 0.3) is 16.0 Å². The second-order valence-electron chi connectivity index (χ2n) is 6.38. The molecule has 0 aliphatic rings. The van der Waals surface area contributed by atoms with Crippen LogP contribution in [0, 0.1) is 6.92 Å². The molecule has 0 spiro atoms. The summed E-state index contributed by atoms with van der Waals surface area (Å²) in [5, 5.41) is 4.10. The summed E-state index contributed by atoms with van der Waals surface area (Å²) < 4.78 is 40.4. The molecule has 0 amide bonds. The average Bonchev–Trinajstić information content (AvgIpc) is 3.18. The number of para-hydroxylation sites is 2. The van der Waals surface area contributed by atoms with Crippen LogP contribution in [-0.4, -0.2) is 15.1 Å². The molecule has 0 aliphatic carbocycles. The minimum absolute atomic E-state index is 0.0360. The molecule has 2 aromatic carbocycles. The molecular formula is C20H16F3N3OS. The molecule has 0 N–H and O–H groups in total. The number of aromatic nitrogens is 2. The van der Waals surface area contributed by atoms with Gasteiger partial charge in [0.1, 0.15) is 6.61 Å². The first kappa shape index (κ1) is 18.5. The molecule has 8 heteroatoms. The number of hydrogen-bond donors (Lipinski definition) is 0. The fourth-order valence-electron chi connectivity index (χ4n) is 3.08. The van der Waals surface area contributed by atoms with Crippen LogP contribution in [0.5, 0.6) is 0 Å². The van der Waals surface area contributed by atoms with Gasteiger partial charge in [0, 0.05) is 5.69 Å². The van der Waals surface area contributed by atoms with E-state index >= 15 is 0 Å². The summed E-state index contributed by atoms with van der Waals surface area (Å²) in [6.07, 6.45) is -4.37. The molecule has 0 bridgehead atoms. The Bertz CT molecular complexity index is 1190. The zero-order chi connectivity index (χ0) is 19.9. The topological polar surface area (TPSA) is 38.9 Å². The van der Waals surface area contributed by atoms with Gasteiger partial charge in [-0.2, -0.15) is 13.2 Å². The maximum atomic E-state index is 12.8. The number of rotatable bonds is 4. The van der Waals surface area contributed by atoms with Gasteiger partial charge in [-0.15, -0.1) is 0 Å². The van der Waals surface area contributed by atoms with E-state index in [1.54, 1.807) is 6.07 Å². The average molecular weight is 403 g/mol. The monoisotopic (exact) mass is 403 g/mol. The van der Waals surface area contributed by atoms with E-state index in [0.29, 0.717) is 11.3 Å². The van der Waals surface area contributed by atoms with Crippen LogP contribution in [0.1, 0.15) is 28.6 Å². The second-order valence-corrected chi connectivity index (χ2v) is 7.36. The zero-order valence-electron chi connectivity index (χ0n) is 15.1. The molecule has 4 nitrogen and oxygen atoms in total. The van der Waals surface area contributed by atoms with Crippen molar-refractivity contribution in [3.63, 3.8) is 0 Å². The SMILES string of the molecule is CC(=NOCc1cccc(C(F)(F)F)c1)c1sc2nc3ccccc3n2c1C. The van der Waals surface area contributed by atoms with Gasteiger partial charge in [-0.1, -0.05) is 40.8 Å². The molecule has 144 valence electrons. The van der Waals surface area contributed by atoms with E-state index in [-0.39, 0.29) is 6.61 Å². The van der Waals surface area contributed by atoms with Crippen molar-refractivity contribution >= 4 is 33.0 Å². The van der Waals surface area contributed by atoms with Crippen LogP contribution < -0.4 is 0 Å². The fraction of sp³-hybridized carbons (Fsp3) is 0.200. The molecule has 0 atom stereocenters. The smallest absolute Gasteiger partial charge is 0.391 e. The summed E-state index contributed by atoms with van der Waals surface area (Å²) in [4.78, 5) is 11.7. The lowest BCUT2D eigenvalue weighted by Gasteiger charge is -2.08. The first-order valence-corrected chi connectivity index (χ1v) is 9.36. The van der Waals surface area contributed by atoms with Crippen molar-refractivity contribution in [1.29, 1.82) is 0 Å². The highest BCUT2D eigenvalue weighted by atomic mass is 32.1. The van der Waals surface area contributed by atoms with Crippen molar-refractivity contribution in [2.75, 3.05) is 0 Å². The number of thiazole rings is 1. The number of benzene rings is 2. The minimum Gasteiger partial charge on any atom is -0.391 e. The first-order chi connectivity index (χ1) is 13.3. The van der Waals surface area contributed by atoms with E-state index in [9.17, 15) is 13.2 Å². The molecule has 2 heterocycles. The second kappa shape index (κ2) is 6.94. The minimum atomic E-state index is -4.37. The van der Waals surface area contributed by atoms with Crippen molar-refractivity contribution in [3.05, 3.63) is 70.2 Å². The van der Waals surface area contributed by atoms with Crippen molar-refractivity contribution in [2.24, 2.45) is 5.16 Å². The highest BCUT2D eigenvalue weighted by Crippen LogP contribution is 2.30. The Hall–Kier alpha value is -2.87. The largest absolute Gasteiger partial charge is 0.416 e. The third-order valence-corrected chi connectivity index (χ3v) is 5.65. The van der Waals surface area contributed by atoms with Crippen molar-refractivity contribution < 1.29 is 18.0 Å². The number of aryl methyl sites for hydroxylation is 1. The molecular weight excluding hydrogens is 387 g/mol. The van der Waals surface area contributed by atoms with Gasteiger partial charge in [0.25, 0.3) is 0 Å². The standard InChI is InChI=1S/C20H16F3N3OS/c1-12(25-27-11-14-6-5-7-15(10-14)20(21,22)23)18-13(2)26-17-9-4-3-8-16(17)24-19(26)28-18/h3-10H,11H2,1-2H3. The van der Waals surface area contributed by atoms with Crippen LogP contribution in [0.2, 0.25) is 0 Å². The molecule has 4 aromatic rings. The molecule has 2 aromatic heterocycles. The number of nitrogens with zero attached hydrogens (tertiary/aromatic N) is 3. The molecule has 0 unspecified atom stereocenters. The van der Waals surface area contributed by atoms with Crippen LogP contribution in [0.3, 0.4) is 0 Å². The maximum Gasteiger partial charge on any atom is 0.416 e. The van der Waals surface area contributed by atoms with Crippen LogP contribution in [-0.2, 0) is 17.6 Å². The molecule has 28 heavy (non-hydrogen) atoms. The van der Waals surface area contributed by atoms with Gasteiger partial charge in [-0.05, 0) is 43.7 Å². The fourth-order valence-corrected chi connectivity index (χ4v) is 4.16. The van der Waals surface area contributed by atoms with Crippen LogP contribution in [0.15, 0.2) is 53.7 Å². The third-order valence-electron chi connectivity index (χ3n) is 4.40. The lowest BCUT2D eigenvalue weighted by Crippen LogP contribution is -2.05. The summed E-state index contributed by atoms with van der Waals surface area (Å²) in [6.45, 7) is 3.76. The van der Waals surface area contributed by atoms with Crippen LogP contribution >= 0.6 is 11.3 Å². The normalized spacial score (nSPS) is 12.8. The summed E-state index contributed by atoms with van der Waals surface area (Å²) in [5.41, 5.74) is 3.32. The predicted molar refractivity (Wildman–Crippen MR) is 104 cm³/mol. The number of halogens is 3. The Labute approximate surface area is 162 Å². The number of oxime groups is 1. The van der Waals surface area contributed by atoms with E-state index in [1.165, 1.54) is 17.4 Å². The lowest BCUT2D eigenvalue weighted by atomic mass is 10.1. The van der Waals surface area contributed by atoms with Crippen LogP contribution in [0.4, 0.5) is 13.2 Å². The summed E-state index contributed by atoms with van der Waals surface area (Å²) in [6, 6.07) is 12.9. The Kier molecular flexibility index (Phi) is 4.58. The van der Waals surface area contributed by atoms with E-state index in [2.05, 4.69) is 14.5 Å². The van der Waals surface area contributed by atoms with Gasteiger partial charge in [0.2, 0.25) is 0 Å². The molecule has 0 saturated carbocycles. The Morgan fingerprint density at radius 2 is 1.96 bits per heavy atom.